The predicted octanol–water partition coefficient (Wildman–Crippen LogP) is 2.06. The van der Waals surface area contributed by atoms with Crippen molar-refractivity contribution >= 4 is 17.6 Å². The number of nitrogens with one attached hydrogen (secondary N) is 1. The Kier molecular flexibility index (Phi) is 4.30. The number of fused-ring (bicyclic) bond motifs is 4. The van der Waals surface area contributed by atoms with Crippen LogP contribution in [0.4, 0.5) is 0 Å². The Labute approximate surface area is 163 Å². The third-order valence-corrected chi connectivity index (χ3v) is 5.60. The minimum atomic E-state index is -0.736. The molecule has 2 aromatic rings. The standard InChI is InChI=1S/C21H22N4O3/c1-21-12-15(14-10-6-7-11-16(14)28-21)17(20(27)25(21)2)18(22)23-24-19(26)13-8-4-3-5-9-13/h3-11,15,17H,12H2,1-2H3,(H2,22,23)(H,24,26)/t15-,17-,21-/m1/s1. The van der Waals surface area contributed by atoms with Crippen LogP contribution in [0.3, 0.4) is 0 Å². The summed E-state index contributed by atoms with van der Waals surface area (Å²) in [6, 6.07) is 16.4. The fraction of sp³-hybridized carbons (Fsp3) is 0.286. The summed E-state index contributed by atoms with van der Waals surface area (Å²) in [5.74, 6) is -0.562. The van der Waals surface area contributed by atoms with E-state index >= 15 is 0 Å². The molecular formula is C21H22N4O3. The highest BCUT2D eigenvalue weighted by Gasteiger charge is 2.53. The van der Waals surface area contributed by atoms with Crippen LogP contribution in [0.2, 0.25) is 0 Å². The number of carbonyl (C=O) groups excluding carboxylic acids is 2. The molecule has 2 aliphatic heterocycles. The maximum absolute atomic E-state index is 13.1. The highest BCUT2D eigenvalue weighted by atomic mass is 16.5. The van der Waals surface area contributed by atoms with Crippen LogP contribution < -0.4 is 15.9 Å². The third-order valence-electron chi connectivity index (χ3n) is 5.60. The second-order valence-corrected chi connectivity index (χ2v) is 7.34. The normalized spacial score (nSPS) is 26.3. The molecule has 0 aliphatic carbocycles. The van der Waals surface area contributed by atoms with Crippen LogP contribution in [0.5, 0.6) is 5.75 Å². The Morgan fingerprint density at radius 3 is 2.64 bits per heavy atom. The summed E-state index contributed by atoms with van der Waals surface area (Å²) in [6.07, 6.45) is 0.597. The molecule has 2 aromatic carbocycles. The van der Waals surface area contributed by atoms with Crippen molar-refractivity contribution in [2.24, 2.45) is 16.8 Å². The summed E-state index contributed by atoms with van der Waals surface area (Å²) in [5.41, 5.74) is 9.33. The summed E-state index contributed by atoms with van der Waals surface area (Å²) in [7, 11) is 1.70. The summed E-state index contributed by atoms with van der Waals surface area (Å²) in [5, 5.41) is 4.06. The molecule has 0 unspecified atom stereocenters. The monoisotopic (exact) mass is 378 g/mol. The molecule has 1 fully saturated rings. The second kappa shape index (κ2) is 6.67. The first-order valence-electron chi connectivity index (χ1n) is 9.15. The molecule has 144 valence electrons. The molecule has 0 aromatic heterocycles. The average molecular weight is 378 g/mol. The fourth-order valence-electron chi connectivity index (χ4n) is 3.96. The predicted molar refractivity (Wildman–Crippen MR) is 105 cm³/mol. The lowest BCUT2D eigenvalue weighted by Gasteiger charge is -2.51. The van der Waals surface area contributed by atoms with Crippen molar-refractivity contribution in [3.8, 4) is 5.75 Å². The van der Waals surface area contributed by atoms with E-state index in [-0.39, 0.29) is 23.6 Å². The number of hydrogen-bond acceptors (Lipinski definition) is 4. The van der Waals surface area contributed by atoms with Crippen molar-refractivity contribution < 1.29 is 14.3 Å². The van der Waals surface area contributed by atoms with Crippen molar-refractivity contribution in [2.75, 3.05) is 7.05 Å². The van der Waals surface area contributed by atoms with Crippen LogP contribution in [0, 0.1) is 5.92 Å². The molecule has 0 spiro atoms. The maximum atomic E-state index is 13.1. The maximum Gasteiger partial charge on any atom is 0.271 e. The number of nitrogens with zero attached hydrogens (tertiary/aromatic N) is 2. The average Bonchev–Trinajstić information content (AvgIpc) is 2.71. The topological polar surface area (TPSA) is 97.0 Å². The number of hydrogen-bond donors (Lipinski definition) is 2. The van der Waals surface area contributed by atoms with Gasteiger partial charge in [-0.15, -0.1) is 0 Å². The number of hydrazone groups is 1. The molecule has 0 radical (unpaired) electrons. The Bertz CT molecular complexity index is 959. The number of likely N-dealkylation sites (tertiary alicyclic amines) is 1. The lowest BCUT2D eigenvalue weighted by Crippen LogP contribution is -2.63. The van der Waals surface area contributed by atoms with Gasteiger partial charge in [-0.25, -0.2) is 5.43 Å². The Morgan fingerprint density at radius 1 is 1.21 bits per heavy atom. The first-order chi connectivity index (χ1) is 13.4. The first kappa shape index (κ1) is 18.0. The van der Waals surface area contributed by atoms with Crippen LogP contribution >= 0.6 is 0 Å². The van der Waals surface area contributed by atoms with Gasteiger partial charge in [0.1, 0.15) is 17.5 Å². The van der Waals surface area contributed by atoms with Gasteiger partial charge in [-0.1, -0.05) is 36.4 Å². The van der Waals surface area contributed by atoms with Gasteiger partial charge in [-0.2, -0.15) is 5.10 Å². The number of para-hydroxylation sites is 1. The van der Waals surface area contributed by atoms with E-state index < -0.39 is 11.6 Å². The molecule has 2 heterocycles. The highest BCUT2D eigenvalue weighted by molar-refractivity contribution is 6.05. The third kappa shape index (κ3) is 2.89. The van der Waals surface area contributed by atoms with E-state index in [2.05, 4.69) is 10.5 Å². The van der Waals surface area contributed by atoms with E-state index in [1.165, 1.54) is 0 Å². The quantitative estimate of drug-likeness (QED) is 0.485. The van der Waals surface area contributed by atoms with E-state index in [1.807, 2.05) is 37.3 Å². The molecule has 7 heteroatoms. The number of carbonyl (C=O) groups is 2. The molecule has 3 N–H and O–H groups in total. The summed E-state index contributed by atoms with van der Waals surface area (Å²) < 4.78 is 6.11. The van der Waals surface area contributed by atoms with Gasteiger partial charge < -0.3 is 15.4 Å². The van der Waals surface area contributed by atoms with Crippen molar-refractivity contribution in [1.82, 2.24) is 10.3 Å². The van der Waals surface area contributed by atoms with Gasteiger partial charge in [-0.3, -0.25) is 9.59 Å². The largest absolute Gasteiger partial charge is 0.468 e. The van der Waals surface area contributed by atoms with Gasteiger partial charge in [0.15, 0.2) is 5.72 Å². The fourth-order valence-corrected chi connectivity index (χ4v) is 3.96. The number of amides is 2. The van der Waals surface area contributed by atoms with Crippen LogP contribution in [0.15, 0.2) is 59.7 Å². The van der Waals surface area contributed by atoms with Crippen molar-refractivity contribution in [3.05, 3.63) is 65.7 Å². The molecule has 2 amide bonds. The number of nitrogens with two attached hydrogens (primary N) is 1. The zero-order valence-corrected chi connectivity index (χ0v) is 15.8. The van der Waals surface area contributed by atoms with E-state index in [9.17, 15) is 9.59 Å². The molecule has 2 aliphatic rings. The minimum Gasteiger partial charge on any atom is -0.468 e. The summed E-state index contributed by atoms with van der Waals surface area (Å²) in [4.78, 5) is 26.9. The van der Waals surface area contributed by atoms with E-state index in [0.717, 1.165) is 11.3 Å². The number of amidine groups is 1. The molecule has 1 saturated heterocycles. The van der Waals surface area contributed by atoms with Gasteiger partial charge in [0.25, 0.3) is 5.91 Å². The highest BCUT2D eigenvalue weighted by Crippen LogP contribution is 2.49. The molecular weight excluding hydrogens is 356 g/mol. The van der Waals surface area contributed by atoms with Crippen LogP contribution in [-0.2, 0) is 4.79 Å². The minimum absolute atomic E-state index is 0.0879. The van der Waals surface area contributed by atoms with E-state index in [1.54, 1.807) is 36.2 Å². The Morgan fingerprint density at radius 2 is 1.89 bits per heavy atom. The van der Waals surface area contributed by atoms with Gasteiger partial charge in [0, 0.05) is 24.9 Å². The zero-order valence-electron chi connectivity index (χ0n) is 15.8. The first-order valence-corrected chi connectivity index (χ1v) is 9.15. The number of benzene rings is 2. The van der Waals surface area contributed by atoms with Crippen molar-refractivity contribution in [1.29, 1.82) is 0 Å². The molecule has 2 bridgehead atoms. The molecule has 0 saturated carbocycles. The summed E-state index contributed by atoms with van der Waals surface area (Å²) in [6.45, 7) is 1.90. The zero-order chi connectivity index (χ0) is 19.9. The molecule has 7 nitrogen and oxygen atoms in total. The van der Waals surface area contributed by atoms with Gasteiger partial charge in [-0.05, 0) is 30.7 Å². The smallest absolute Gasteiger partial charge is 0.271 e. The van der Waals surface area contributed by atoms with Crippen molar-refractivity contribution in [2.45, 2.75) is 25.0 Å². The molecule has 3 atom stereocenters. The van der Waals surface area contributed by atoms with E-state index in [0.29, 0.717) is 12.0 Å². The van der Waals surface area contributed by atoms with E-state index in [4.69, 9.17) is 10.5 Å². The Balaban J connectivity index is 1.65. The van der Waals surface area contributed by atoms with Crippen molar-refractivity contribution in [3.63, 3.8) is 0 Å². The van der Waals surface area contributed by atoms with Gasteiger partial charge >= 0.3 is 0 Å². The van der Waals surface area contributed by atoms with Crippen LogP contribution in [0.1, 0.15) is 35.2 Å². The van der Waals surface area contributed by atoms with Crippen LogP contribution in [-0.4, -0.2) is 35.3 Å². The summed E-state index contributed by atoms with van der Waals surface area (Å²) >= 11 is 0. The SMILES string of the molecule is CN1C(=O)[C@@H](/C(N)=N/NC(=O)c2ccccc2)[C@@H]2C[C@@]1(C)Oc1ccccc12. The van der Waals surface area contributed by atoms with Gasteiger partial charge in [0.05, 0.1) is 0 Å². The number of piperidine rings is 1. The molecule has 28 heavy (non-hydrogen) atoms. The number of rotatable bonds is 3. The molecule has 4 rings (SSSR count). The number of ether oxygens (including phenoxy) is 1. The second-order valence-electron chi connectivity index (χ2n) is 7.34. The van der Waals surface area contributed by atoms with Gasteiger partial charge in [0.2, 0.25) is 5.91 Å². The lowest BCUT2D eigenvalue weighted by molar-refractivity contribution is -0.164. The van der Waals surface area contributed by atoms with Crippen LogP contribution in [0.25, 0.3) is 0 Å². The Hall–Kier alpha value is -3.35. The lowest BCUT2D eigenvalue weighted by atomic mass is 9.73.